The Bertz CT molecular complexity index is 445. The lowest BCUT2D eigenvalue weighted by Gasteiger charge is -2.39. The highest BCUT2D eigenvalue weighted by Gasteiger charge is 2.34. The lowest BCUT2D eigenvalue weighted by atomic mass is 10.0. The van der Waals surface area contributed by atoms with Crippen molar-refractivity contribution in [1.82, 2.24) is 9.80 Å². The van der Waals surface area contributed by atoms with E-state index in [-0.39, 0.29) is 6.04 Å². The van der Waals surface area contributed by atoms with Crippen molar-refractivity contribution in [2.24, 2.45) is 5.73 Å². The average molecular weight is 259 g/mol. The van der Waals surface area contributed by atoms with Crippen LogP contribution in [0.1, 0.15) is 42.5 Å². The van der Waals surface area contributed by atoms with Crippen molar-refractivity contribution in [2.75, 3.05) is 27.2 Å². The summed E-state index contributed by atoms with van der Waals surface area (Å²) >= 11 is 0. The first-order valence-corrected chi connectivity index (χ1v) is 7.41. The molecule has 3 atom stereocenters. The number of fused-ring (bicyclic) bond motifs is 1. The van der Waals surface area contributed by atoms with Crippen LogP contribution in [0.25, 0.3) is 0 Å². The standard InChI is InChI=1S/C16H25N3/c1-18-9-5-6-12(11-18)19(2)16-10-15(17)13-7-3-4-8-14(13)16/h3-4,7-8,12,15-16H,5-6,9-11,17H2,1-2H3. The first-order chi connectivity index (χ1) is 9.16. The maximum Gasteiger partial charge on any atom is 0.0369 e. The van der Waals surface area contributed by atoms with Crippen LogP contribution in [0.2, 0.25) is 0 Å². The minimum absolute atomic E-state index is 0.213. The van der Waals surface area contributed by atoms with Crippen molar-refractivity contribution >= 4 is 0 Å². The maximum absolute atomic E-state index is 6.29. The molecule has 0 amide bonds. The minimum atomic E-state index is 0.213. The van der Waals surface area contributed by atoms with Crippen LogP contribution < -0.4 is 5.73 Å². The Kier molecular flexibility index (Phi) is 3.61. The van der Waals surface area contributed by atoms with E-state index in [4.69, 9.17) is 5.73 Å². The second-order valence-electron chi connectivity index (χ2n) is 6.21. The summed E-state index contributed by atoms with van der Waals surface area (Å²) in [4.78, 5) is 5.02. The van der Waals surface area contributed by atoms with Crippen molar-refractivity contribution in [3.8, 4) is 0 Å². The smallest absolute Gasteiger partial charge is 0.0369 e. The number of likely N-dealkylation sites (tertiary alicyclic amines) is 1. The summed E-state index contributed by atoms with van der Waals surface area (Å²) < 4.78 is 0. The summed E-state index contributed by atoms with van der Waals surface area (Å²) in [5.41, 5.74) is 9.09. The molecule has 3 unspecified atom stereocenters. The molecule has 0 spiro atoms. The quantitative estimate of drug-likeness (QED) is 0.883. The van der Waals surface area contributed by atoms with E-state index in [2.05, 4.69) is 48.2 Å². The Morgan fingerprint density at radius 1 is 1.26 bits per heavy atom. The molecule has 0 aromatic heterocycles. The number of likely N-dealkylation sites (N-methyl/N-ethyl adjacent to an activating group) is 2. The van der Waals surface area contributed by atoms with E-state index in [0.717, 1.165) is 6.42 Å². The van der Waals surface area contributed by atoms with Crippen molar-refractivity contribution in [3.63, 3.8) is 0 Å². The van der Waals surface area contributed by atoms with E-state index in [0.29, 0.717) is 12.1 Å². The summed E-state index contributed by atoms with van der Waals surface area (Å²) in [6.45, 7) is 2.43. The average Bonchev–Trinajstić information content (AvgIpc) is 2.76. The van der Waals surface area contributed by atoms with Gasteiger partial charge in [0.25, 0.3) is 0 Å². The van der Waals surface area contributed by atoms with Crippen LogP contribution in [0, 0.1) is 0 Å². The SMILES string of the molecule is CN1CCCC(N(C)C2CC(N)c3ccccc32)C1. The van der Waals surface area contributed by atoms with Gasteiger partial charge < -0.3 is 10.6 Å². The number of piperidine rings is 1. The Morgan fingerprint density at radius 3 is 2.74 bits per heavy atom. The molecule has 1 saturated heterocycles. The number of nitrogens with two attached hydrogens (primary N) is 1. The number of hydrogen-bond donors (Lipinski definition) is 1. The van der Waals surface area contributed by atoms with Crippen molar-refractivity contribution < 1.29 is 0 Å². The molecule has 0 radical (unpaired) electrons. The molecule has 104 valence electrons. The highest BCUT2D eigenvalue weighted by atomic mass is 15.2. The predicted octanol–water partition coefficient (Wildman–Crippen LogP) is 2.16. The molecular formula is C16H25N3. The van der Waals surface area contributed by atoms with Gasteiger partial charge in [-0.15, -0.1) is 0 Å². The van der Waals surface area contributed by atoms with E-state index in [9.17, 15) is 0 Å². The molecule has 1 fully saturated rings. The van der Waals surface area contributed by atoms with E-state index in [1.54, 1.807) is 0 Å². The van der Waals surface area contributed by atoms with Gasteiger partial charge in [0.2, 0.25) is 0 Å². The molecule has 3 rings (SSSR count). The normalized spacial score (nSPS) is 31.7. The van der Waals surface area contributed by atoms with Crippen LogP contribution in [0.3, 0.4) is 0 Å². The van der Waals surface area contributed by atoms with Gasteiger partial charge in [0.15, 0.2) is 0 Å². The number of rotatable bonds is 2. The Labute approximate surface area is 116 Å². The van der Waals surface area contributed by atoms with Gasteiger partial charge in [0.1, 0.15) is 0 Å². The molecule has 2 N–H and O–H groups in total. The molecule has 19 heavy (non-hydrogen) atoms. The zero-order valence-electron chi connectivity index (χ0n) is 12.0. The molecule has 2 aliphatic rings. The Hall–Kier alpha value is -0.900. The van der Waals surface area contributed by atoms with Crippen molar-refractivity contribution in [3.05, 3.63) is 35.4 Å². The van der Waals surface area contributed by atoms with Gasteiger partial charge in [-0.05, 0) is 51.0 Å². The summed E-state index contributed by atoms with van der Waals surface area (Å²) in [6.07, 6.45) is 3.69. The van der Waals surface area contributed by atoms with Crippen LogP contribution in [0.5, 0.6) is 0 Å². The maximum atomic E-state index is 6.29. The molecule has 1 aliphatic heterocycles. The van der Waals surface area contributed by atoms with Gasteiger partial charge in [-0.1, -0.05) is 24.3 Å². The third-order valence-electron chi connectivity index (χ3n) is 4.90. The molecule has 3 nitrogen and oxygen atoms in total. The number of hydrogen-bond acceptors (Lipinski definition) is 3. The van der Waals surface area contributed by atoms with Crippen molar-refractivity contribution in [2.45, 2.75) is 37.4 Å². The molecule has 3 heteroatoms. The fourth-order valence-electron chi connectivity index (χ4n) is 3.76. The van der Waals surface area contributed by atoms with Crippen LogP contribution in [0.4, 0.5) is 0 Å². The molecule has 0 bridgehead atoms. The number of benzene rings is 1. The van der Waals surface area contributed by atoms with Gasteiger partial charge in [-0.3, -0.25) is 4.90 Å². The van der Waals surface area contributed by atoms with Gasteiger partial charge in [0.05, 0.1) is 0 Å². The van der Waals surface area contributed by atoms with Crippen LogP contribution >= 0.6 is 0 Å². The molecule has 1 heterocycles. The fraction of sp³-hybridized carbons (Fsp3) is 0.625. The van der Waals surface area contributed by atoms with Crippen LogP contribution in [0.15, 0.2) is 24.3 Å². The van der Waals surface area contributed by atoms with Gasteiger partial charge in [-0.2, -0.15) is 0 Å². The summed E-state index contributed by atoms with van der Waals surface area (Å²) in [5, 5.41) is 0. The zero-order chi connectivity index (χ0) is 13.4. The van der Waals surface area contributed by atoms with Crippen LogP contribution in [-0.4, -0.2) is 43.0 Å². The second-order valence-corrected chi connectivity index (χ2v) is 6.21. The minimum Gasteiger partial charge on any atom is -0.324 e. The first-order valence-electron chi connectivity index (χ1n) is 7.41. The first kappa shape index (κ1) is 13.1. The molecule has 1 aromatic rings. The largest absolute Gasteiger partial charge is 0.324 e. The van der Waals surface area contributed by atoms with Crippen molar-refractivity contribution in [1.29, 1.82) is 0 Å². The highest BCUT2D eigenvalue weighted by molar-refractivity contribution is 5.37. The molecular weight excluding hydrogens is 234 g/mol. The Morgan fingerprint density at radius 2 is 2.00 bits per heavy atom. The molecule has 0 saturated carbocycles. The van der Waals surface area contributed by atoms with E-state index >= 15 is 0 Å². The lowest BCUT2D eigenvalue weighted by molar-refractivity contribution is 0.0966. The Balaban J connectivity index is 1.79. The number of nitrogens with zero attached hydrogens (tertiary/aromatic N) is 2. The summed E-state index contributed by atoms with van der Waals surface area (Å²) in [5.74, 6) is 0. The second kappa shape index (κ2) is 5.23. The summed E-state index contributed by atoms with van der Waals surface area (Å²) in [6, 6.07) is 10.1. The van der Waals surface area contributed by atoms with E-state index in [1.165, 1.54) is 37.1 Å². The summed E-state index contributed by atoms with van der Waals surface area (Å²) in [7, 11) is 4.51. The zero-order valence-corrected chi connectivity index (χ0v) is 12.0. The predicted molar refractivity (Wildman–Crippen MR) is 79.0 cm³/mol. The molecule has 1 aliphatic carbocycles. The fourth-order valence-corrected chi connectivity index (χ4v) is 3.76. The van der Waals surface area contributed by atoms with Gasteiger partial charge in [0, 0.05) is 24.7 Å². The van der Waals surface area contributed by atoms with Crippen LogP contribution in [-0.2, 0) is 0 Å². The topological polar surface area (TPSA) is 32.5 Å². The lowest BCUT2D eigenvalue weighted by Crippen LogP contribution is -2.45. The van der Waals surface area contributed by atoms with E-state index in [1.807, 2.05) is 0 Å². The van der Waals surface area contributed by atoms with E-state index < -0.39 is 0 Å². The third-order valence-corrected chi connectivity index (χ3v) is 4.90. The molecule has 1 aromatic carbocycles. The van der Waals surface area contributed by atoms with Gasteiger partial charge in [-0.25, -0.2) is 0 Å². The third kappa shape index (κ3) is 2.42. The highest BCUT2D eigenvalue weighted by Crippen LogP contribution is 2.41. The van der Waals surface area contributed by atoms with Gasteiger partial charge >= 0.3 is 0 Å². The monoisotopic (exact) mass is 259 g/mol.